The number of hydrogen-bond acceptors (Lipinski definition) is 3. The summed E-state index contributed by atoms with van der Waals surface area (Å²) in [5, 5.41) is 19.2. The van der Waals surface area contributed by atoms with E-state index in [1.165, 1.54) is 7.11 Å². The molecule has 0 saturated heterocycles. The molecule has 0 aliphatic rings. The number of rotatable bonds is 4. The van der Waals surface area contributed by atoms with Gasteiger partial charge in [0.25, 0.3) is 0 Å². The van der Waals surface area contributed by atoms with Crippen LogP contribution in [0.15, 0.2) is 10.5 Å². The van der Waals surface area contributed by atoms with E-state index in [1.807, 2.05) is 0 Å². The zero-order chi connectivity index (χ0) is 14.1. The van der Waals surface area contributed by atoms with E-state index in [0.717, 1.165) is 0 Å². The van der Waals surface area contributed by atoms with Gasteiger partial charge in [0, 0.05) is 5.56 Å². The lowest BCUT2D eigenvalue weighted by molar-refractivity contribution is -0.146. The highest BCUT2D eigenvalue weighted by Crippen LogP contribution is 2.39. The summed E-state index contributed by atoms with van der Waals surface area (Å²) >= 11 is 3.35. The summed E-state index contributed by atoms with van der Waals surface area (Å²) in [4.78, 5) is 11.1. The van der Waals surface area contributed by atoms with Gasteiger partial charge in [-0.2, -0.15) is 0 Å². The molecule has 0 aliphatic heterocycles. The van der Waals surface area contributed by atoms with Gasteiger partial charge in [-0.1, -0.05) is 0 Å². The van der Waals surface area contributed by atoms with Gasteiger partial charge in [-0.25, -0.2) is 0 Å². The van der Waals surface area contributed by atoms with E-state index < -0.39 is 11.4 Å². The lowest BCUT2D eigenvalue weighted by atomic mass is 9.85. The second-order valence-corrected chi connectivity index (χ2v) is 5.74. The molecular formula is C13H17BrO4. The topological polar surface area (TPSA) is 66.8 Å². The molecule has 1 rings (SSSR count). The number of aliphatic carboxylic acids is 1. The zero-order valence-electron chi connectivity index (χ0n) is 10.9. The molecule has 0 saturated carbocycles. The van der Waals surface area contributed by atoms with Crippen LogP contribution in [0.25, 0.3) is 0 Å². The van der Waals surface area contributed by atoms with E-state index in [0.29, 0.717) is 21.3 Å². The molecule has 4 nitrogen and oxygen atoms in total. The molecule has 0 bridgehead atoms. The number of aromatic hydroxyl groups is 1. The molecule has 0 aromatic heterocycles. The predicted molar refractivity (Wildman–Crippen MR) is 72.2 cm³/mol. The number of phenolic OH excluding ortho intramolecular Hbond substituents is 1. The molecule has 5 heteroatoms. The molecule has 1 aromatic carbocycles. The first-order chi connectivity index (χ1) is 8.20. The lowest BCUT2D eigenvalue weighted by Gasteiger charge is -2.21. The SMILES string of the molecule is COc1c(Br)cc(CC(C)(C)C(=O)O)c(O)c1C. The summed E-state index contributed by atoms with van der Waals surface area (Å²) in [5.41, 5.74) is 0.258. The average molecular weight is 317 g/mol. The van der Waals surface area contributed by atoms with Gasteiger partial charge in [0.2, 0.25) is 0 Å². The van der Waals surface area contributed by atoms with Crippen LogP contribution in [0.3, 0.4) is 0 Å². The molecule has 100 valence electrons. The summed E-state index contributed by atoms with van der Waals surface area (Å²) in [6, 6.07) is 1.70. The highest BCUT2D eigenvalue weighted by molar-refractivity contribution is 9.10. The Bertz CT molecular complexity index is 480. The average Bonchev–Trinajstić information content (AvgIpc) is 2.25. The third-order valence-corrected chi connectivity index (χ3v) is 3.52. The number of carbonyl (C=O) groups is 1. The fraction of sp³-hybridized carbons (Fsp3) is 0.462. The minimum atomic E-state index is -0.933. The smallest absolute Gasteiger partial charge is 0.309 e. The Morgan fingerprint density at radius 1 is 1.50 bits per heavy atom. The maximum Gasteiger partial charge on any atom is 0.309 e. The standard InChI is InChI=1S/C13H17BrO4/c1-7-10(15)8(5-9(14)11(7)18-4)6-13(2,3)12(16)17/h5,15H,6H2,1-4H3,(H,16,17). The van der Waals surface area contributed by atoms with Crippen molar-refractivity contribution in [3.63, 3.8) is 0 Å². The molecule has 0 spiro atoms. The molecule has 1 aromatic rings. The van der Waals surface area contributed by atoms with Crippen molar-refractivity contribution in [3.05, 3.63) is 21.7 Å². The van der Waals surface area contributed by atoms with Crippen molar-refractivity contribution in [2.75, 3.05) is 7.11 Å². The van der Waals surface area contributed by atoms with Crippen LogP contribution in [0.1, 0.15) is 25.0 Å². The molecule has 0 amide bonds. The van der Waals surface area contributed by atoms with Crippen LogP contribution in [0, 0.1) is 12.3 Å². The Morgan fingerprint density at radius 2 is 2.06 bits per heavy atom. The number of methoxy groups -OCH3 is 1. The van der Waals surface area contributed by atoms with Gasteiger partial charge in [-0.05, 0) is 54.8 Å². The van der Waals surface area contributed by atoms with Gasteiger partial charge in [0.1, 0.15) is 11.5 Å². The number of carboxylic acids is 1. The first-order valence-corrected chi connectivity index (χ1v) is 6.28. The first kappa shape index (κ1) is 14.8. The molecule has 18 heavy (non-hydrogen) atoms. The fourth-order valence-electron chi connectivity index (χ4n) is 1.75. The highest BCUT2D eigenvalue weighted by Gasteiger charge is 2.29. The van der Waals surface area contributed by atoms with Crippen LogP contribution >= 0.6 is 15.9 Å². The molecule has 0 fully saturated rings. The van der Waals surface area contributed by atoms with Crippen LogP contribution in [0.5, 0.6) is 11.5 Å². The number of ether oxygens (including phenoxy) is 1. The van der Waals surface area contributed by atoms with Gasteiger partial charge >= 0.3 is 5.97 Å². The molecule has 0 aliphatic carbocycles. The van der Waals surface area contributed by atoms with Crippen molar-refractivity contribution in [1.29, 1.82) is 0 Å². The Hall–Kier alpha value is -1.23. The van der Waals surface area contributed by atoms with E-state index in [1.54, 1.807) is 26.8 Å². The zero-order valence-corrected chi connectivity index (χ0v) is 12.5. The van der Waals surface area contributed by atoms with E-state index in [2.05, 4.69) is 15.9 Å². The van der Waals surface area contributed by atoms with Crippen LogP contribution < -0.4 is 4.74 Å². The fourth-order valence-corrected chi connectivity index (χ4v) is 2.49. The van der Waals surface area contributed by atoms with Crippen LogP contribution in [-0.4, -0.2) is 23.3 Å². The molecule has 0 unspecified atom stereocenters. The first-order valence-electron chi connectivity index (χ1n) is 5.49. The van der Waals surface area contributed by atoms with Crippen molar-refractivity contribution < 1.29 is 19.7 Å². The normalized spacial score (nSPS) is 11.4. The van der Waals surface area contributed by atoms with Gasteiger partial charge in [0.05, 0.1) is 17.0 Å². The number of carboxylic acid groups (broad SMARTS) is 1. The lowest BCUT2D eigenvalue weighted by Crippen LogP contribution is -2.26. The number of phenols is 1. The Morgan fingerprint density at radius 3 is 2.50 bits per heavy atom. The molecule has 2 N–H and O–H groups in total. The highest BCUT2D eigenvalue weighted by atomic mass is 79.9. The Balaban J connectivity index is 3.24. The van der Waals surface area contributed by atoms with Crippen molar-refractivity contribution in [2.45, 2.75) is 27.2 Å². The third kappa shape index (κ3) is 2.77. The summed E-state index contributed by atoms with van der Waals surface area (Å²) in [6.07, 6.45) is 0.248. The summed E-state index contributed by atoms with van der Waals surface area (Å²) < 4.78 is 5.87. The van der Waals surface area contributed by atoms with Gasteiger partial charge in [0.15, 0.2) is 0 Å². The Labute approximate surface area is 115 Å². The van der Waals surface area contributed by atoms with E-state index in [-0.39, 0.29) is 12.2 Å². The minimum Gasteiger partial charge on any atom is -0.507 e. The van der Waals surface area contributed by atoms with Crippen LogP contribution in [0.4, 0.5) is 0 Å². The third-order valence-electron chi connectivity index (χ3n) is 2.93. The van der Waals surface area contributed by atoms with Gasteiger partial charge < -0.3 is 14.9 Å². The van der Waals surface area contributed by atoms with Gasteiger partial charge in [-0.3, -0.25) is 4.79 Å². The maximum absolute atomic E-state index is 11.1. The van der Waals surface area contributed by atoms with Crippen molar-refractivity contribution in [2.24, 2.45) is 5.41 Å². The molecule has 0 radical (unpaired) electrons. The Kier molecular flexibility index (Phi) is 4.27. The van der Waals surface area contributed by atoms with Crippen molar-refractivity contribution >= 4 is 21.9 Å². The summed E-state index contributed by atoms with van der Waals surface area (Å²) in [6.45, 7) is 4.99. The second-order valence-electron chi connectivity index (χ2n) is 4.89. The second kappa shape index (κ2) is 5.18. The number of benzene rings is 1. The van der Waals surface area contributed by atoms with Crippen LogP contribution in [-0.2, 0) is 11.2 Å². The van der Waals surface area contributed by atoms with E-state index in [9.17, 15) is 9.90 Å². The molecular weight excluding hydrogens is 300 g/mol. The quantitative estimate of drug-likeness (QED) is 0.895. The van der Waals surface area contributed by atoms with Crippen molar-refractivity contribution in [3.8, 4) is 11.5 Å². The van der Waals surface area contributed by atoms with Crippen LogP contribution in [0.2, 0.25) is 0 Å². The maximum atomic E-state index is 11.1. The predicted octanol–water partition coefficient (Wildman–Crippen LogP) is 3.13. The summed E-state index contributed by atoms with van der Waals surface area (Å²) in [7, 11) is 1.52. The number of halogens is 1. The molecule has 0 heterocycles. The summed E-state index contributed by atoms with van der Waals surface area (Å²) in [5.74, 6) is -0.250. The van der Waals surface area contributed by atoms with E-state index >= 15 is 0 Å². The molecule has 0 atom stereocenters. The largest absolute Gasteiger partial charge is 0.507 e. The minimum absolute atomic E-state index is 0.0874. The van der Waals surface area contributed by atoms with Crippen molar-refractivity contribution in [1.82, 2.24) is 0 Å². The monoisotopic (exact) mass is 316 g/mol. The van der Waals surface area contributed by atoms with Gasteiger partial charge in [-0.15, -0.1) is 0 Å². The number of hydrogen-bond donors (Lipinski definition) is 2. The van der Waals surface area contributed by atoms with E-state index in [4.69, 9.17) is 9.84 Å².